The molecule has 10 rings (SSSR count). The molecule has 1 aliphatic carbocycles. The summed E-state index contributed by atoms with van der Waals surface area (Å²) >= 11 is 0. The van der Waals surface area contributed by atoms with Gasteiger partial charge in [0.05, 0.1) is 37.8 Å². The monoisotopic (exact) mass is 886 g/mol. The number of esters is 1. The number of aliphatic hydroxyl groups is 2. The molecule has 4 fully saturated rings. The third kappa shape index (κ3) is 8.00. The van der Waals surface area contributed by atoms with Gasteiger partial charge in [-0.05, 0) is 103 Å². The second kappa shape index (κ2) is 18.4. The van der Waals surface area contributed by atoms with E-state index < -0.39 is 58.9 Å². The van der Waals surface area contributed by atoms with E-state index in [-0.39, 0.29) is 13.2 Å². The Morgan fingerprint density at radius 2 is 1.50 bits per heavy atom. The standard InChI is InChI=1S/C54H54N4O8/c59-30-33-65-42-17-11-16-39(35-42)49-54(43-34-36(18-23-44(43)56-52(54)62)24-27-53(63)25-9-1-2-10-26-53)45(50(60)55-40-19-21-41(22-20-40)57-28-31-64-32-29-57)47-51(61)66-48(38-14-7-4-8-15-38)46(58(47)49)37-12-5-3-6-13-37/h3-8,11-23,34-35,45-49,59,63H,1-2,9-10,25-26,28-33H2,(H,55,60)(H,56,62)/t45-,46-,47-,48+,49+,54-/m0/s1. The Bertz CT molecular complexity index is 2640. The van der Waals surface area contributed by atoms with Crippen molar-refractivity contribution in [2.24, 2.45) is 5.92 Å². The maximum Gasteiger partial charge on any atom is 0.324 e. The summed E-state index contributed by atoms with van der Waals surface area (Å²) in [6, 6.07) is 36.8. The van der Waals surface area contributed by atoms with Gasteiger partial charge in [-0.3, -0.25) is 19.3 Å². The van der Waals surface area contributed by atoms with Crippen molar-refractivity contribution in [2.75, 3.05) is 55.1 Å². The van der Waals surface area contributed by atoms with Gasteiger partial charge in [-0.15, -0.1) is 0 Å². The normalized spacial score (nSPS) is 25.7. The first-order valence-corrected chi connectivity index (χ1v) is 23.1. The van der Waals surface area contributed by atoms with Crippen LogP contribution in [0.2, 0.25) is 0 Å². The number of ether oxygens (including phenoxy) is 3. The topological polar surface area (TPSA) is 150 Å². The van der Waals surface area contributed by atoms with Crippen molar-refractivity contribution < 1.29 is 38.8 Å². The van der Waals surface area contributed by atoms with Gasteiger partial charge in [-0.25, -0.2) is 0 Å². The third-order valence-electron chi connectivity index (χ3n) is 14.0. The molecule has 0 radical (unpaired) electrons. The molecule has 12 nitrogen and oxygen atoms in total. The summed E-state index contributed by atoms with van der Waals surface area (Å²) < 4.78 is 18.2. The Kier molecular flexibility index (Phi) is 12.1. The Morgan fingerprint density at radius 1 is 0.803 bits per heavy atom. The highest BCUT2D eigenvalue weighted by Crippen LogP contribution is 2.65. The number of benzene rings is 5. The average Bonchev–Trinajstić information content (AvgIpc) is 3.72. The number of nitrogens with one attached hydrogen (secondary N) is 2. The fourth-order valence-corrected chi connectivity index (χ4v) is 11.0. The van der Waals surface area contributed by atoms with Crippen LogP contribution >= 0.6 is 0 Å². The van der Waals surface area contributed by atoms with Gasteiger partial charge in [0.15, 0.2) is 0 Å². The lowest BCUT2D eigenvalue weighted by molar-refractivity contribution is -0.177. The molecular weight excluding hydrogens is 833 g/mol. The van der Waals surface area contributed by atoms with Crippen LogP contribution in [0.1, 0.15) is 84.5 Å². The smallest absolute Gasteiger partial charge is 0.324 e. The Morgan fingerprint density at radius 3 is 2.21 bits per heavy atom. The number of fused-ring (bicyclic) bond motifs is 3. The number of carbonyl (C=O) groups excluding carboxylic acids is 3. The summed E-state index contributed by atoms with van der Waals surface area (Å²) in [6.07, 6.45) is 4.17. The molecular formula is C54H54N4O8. The van der Waals surface area contributed by atoms with Gasteiger partial charge in [0, 0.05) is 35.7 Å². The van der Waals surface area contributed by atoms with Crippen LogP contribution in [0.25, 0.3) is 0 Å². The van der Waals surface area contributed by atoms with Crippen LogP contribution in [0, 0.1) is 17.8 Å². The van der Waals surface area contributed by atoms with Crippen molar-refractivity contribution in [3.63, 3.8) is 0 Å². The van der Waals surface area contributed by atoms with Gasteiger partial charge in [-0.2, -0.15) is 0 Å². The third-order valence-corrected chi connectivity index (χ3v) is 14.0. The van der Waals surface area contributed by atoms with E-state index in [1.807, 2.05) is 120 Å². The zero-order valence-corrected chi connectivity index (χ0v) is 36.7. The van der Waals surface area contributed by atoms with E-state index in [0.717, 1.165) is 55.6 Å². The molecule has 338 valence electrons. The first-order chi connectivity index (χ1) is 32.3. The van der Waals surface area contributed by atoms with Crippen molar-refractivity contribution in [3.8, 4) is 17.6 Å². The summed E-state index contributed by atoms with van der Waals surface area (Å²) in [5, 5.41) is 27.7. The molecule has 4 N–H and O–H groups in total. The molecule has 4 heterocycles. The van der Waals surface area contributed by atoms with Crippen LogP contribution in [-0.4, -0.2) is 84.1 Å². The lowest BCUT2D eigenvalue weighted by Crippen LogP contribution is -2.53. The molecule has 5 aromatic carbocycles. The van der Waals surface area contributed by atoms with Crippen LogP contribution in [0.15, 0.2) is 127 Å². The summed E-state index contributed by atoms with van der Waals surface area (Å²) in [5.74, 6) is 3.94. The van der Waals surface area contributed by atoms with Crippen LogP contribution < -0.4 is 20.3 Å². The summed E-state index contributed by atoms with van der Waals surface area (Å²) in [7, 11) is 0. The van der Waals surface area contributed by atoms with E-state index in [9.17, 15) is 10.2 Å². The highest BCUT2D eigenvalue weighted by atomic mass is 16.6. The summed E-state index contributed by atoms with van der Waals surface area (Å²) in [6.45, 7) is 2.57. The lowest BCUT2D eigenvalue weighted by atomic mass is 9.65. The molecule has 1 spiro atoms. The average molecular weight is 887 g/mol. The van der Waals surface area contributed by atoms with E-state index >= 15 is 14.4 Å². The highest BCUT2D eigenvalue weighted by molar-refractivity contribution is 6.13. The fraction of sp³-hybridized carbons (Fsp3) is 0.352. The number of rotatable bonds is 9. The number of nitrogens with zero attached hydrogens (tertiary/aromatic N) is 2. The molecule has 0 aromatic heterocycles. The van der Waals surface area contributed by atoms with Crippen LogP contribution in [0.3, 0.4) is 0 Å². The largest absolute Gasteiger partial charge is 0.491 e. The zero-order chi connectivity index (χ0) is 45.3. The minimum Gasteiger partial charge on any atom is -0.491 e. The van der Waals surface area contributed by atoms with E-state index in [1.54, 1.807) is 12.1 Å². The van der Waals surface area contributed by atoms with Crippen molar-refractivity contribution in [3.05, 3.63) is 155 Å². The number of anilines is 3. The summed E-state index contributed by atoms with van der Waals surface area (Å²) in [4.78, 5) is 51.0. The molecule has 66 heavy (non-hydrogen) atoms. The molecule has 0 bridgehead atoms. The van der Waals surface area contributed by atoms with Gasteiger partial charge >= 0.3 is 5.97 Å². The van der Waals surface area contributed by atoms with E-state index in [2.05, 4.69) is 27.4 Å². The van der Waals surface area contributed by atoms with Gasteiger partial charge in [-0.1, -0.05) is 97.5 Å². The number of aliphatic hydroxyl groups excluding tert-OH is 1. The van der Waals surface area contributed by atoms with Crippen LogP contribution in [0.4, 0.5) is 17.1 Å². The number of amides is 2. The second-order valence-corrected chi connectivity index (χ2v) is 18.0. The minimum atomic E-state index is -1.76. The Hall–Kier alpha value is -6.49. The van der Waals surface area contributed by atoms with E-state index in [4.69, 9.17) is 14.2 Å². The number of carbonyl (C=O) groups is 3. The molecule has 12 heteroatoms. The van der Waals surface area contributed by atoms with Crippen LogP contribution in [0.5, 0.6) is 5.75 Å². The van der Waals surface area contributed by atoms with Crippen LogP contribution in [-0.2, 0) is 29.3 Å². The number of hydrogen-bond donors (Lipinski definition) is 4. The first kappa shape index (κ1) is 43.4. The highest BCUT2D eigenvalue weighted by Gasteiger charge is 2.74. The number of hydrogen-bond acceptors (Lipinski definition) is 10. The van der Waals surface area contributed by atoms with Crippen molar-refractivity contribution in [1.29, 1.82) is 0 Å². The van der Waals surface area contributed by atoms with Crippen molar-refractivity contribution >= 4 is 34.8 Å². The molecule has 0 unspecified atom stereocenters. The predicted molar refractivity (Wildman–Crippen MR) is 250 cm³/mol. The van der Waals surface area contributed by atoms with Gasteiger partial charge < -0.3 is 40.0 Å². The van der Waals surface area contributed by atoms with Crippen molar-refractivity contribution in [2.45, 2.75) is 73.8 Å². The molecule has 5 aromatic rings. The molecule has 4 aliphatic heterocycles. The van der Waals surface area contributed by atoms with Gasteiger partial charge in [0.1, 0.15) is 35.5 Å². The van der Waals surface area contributed by atoms with Gasteiger partial charge in [0.25, 0.3) is 0 Å². The van der Waals surface area contributed by atoms with E-state index in [1.165, 1.54) is 0 Å². The molecule has 1 saturated carbocycles. The Labute approximate surface area is 384 Å². The van der Waals surface area contributed by atoms with Gasteiger partial charge in [0.2, 0.25) is 11.8 Å². The number of morpholine rings is 2. The quantitative estimate of drug-likeness (QED) is 0.0678. The number of cyclic esters (lactones) is 1. The summed E-state index contributed by atoms with van der Waals surface area (Å²) in [5.41, 5.74) is 2.35. The zero-order valence-electron chi connectivity index (χ0n) is 36.7. The Balaban J connectivity index is 1.19. The lowest BCUT2D eigenvalue weighted by Gasteiger charge is -2.46. The molecule has 5 aliphatic rings. The maximum absolute atomic E-state index is 15.7. The SMILES string of the molecule is O=C1O[C@H](c2ccccc2)[C@H](c2ccccc2)N2[C@H]1[C@@H](C(=O)Nc1ccc(N3CCOCC3)cc1)[C@]1(C(=O)Nc3ccc(C#CC4(O)CCCCCC4)cc31)[C@H]2c1cccc(OCCO)c1. The van der Waals surface area contributed by atoms with E-state index in [0.29, 0.717) is 59.9 Å². The molecule has 6 atom stereocenters. The van der Waals surface area contributed by atoms with Crippen molar-refractivity contribution in [1.82, 2.24) is 4.90 Å². The first-order valence-electron chi connectivity index (χ1n) is 23.1. The fourth-order valence-electron chi connectivity index (χ4n) is 11.0. The molecule has 3 saturated heterocycles. The predicted octanol–water partition coefficient (Wildman–Crippen LogP) is 7.24. The minimum absolute atomic E-state index is 0.0354. The molecule has 2 amide bonds. The maximum atomic E-state index is 15.7. The second-order valence-electron chi connectivity index (χ2n) is 18.0.